The first-order valence-electron chi connectivity index (χ1n) is 4.05. The number of H-pyrrole nitrogens is 1. The molecule has 1 N–H and O–H groups in total. The first-order valence-corrected chi connectivity index (χ1v) is 4.93. The van der Waals surface area contributed by atoms with E-state index in [1.54, 1.807) is 11.3 Å². The van der Waals surface area contributed by atoms with Gasteiger partial charge in [0.15, 0.2) is 6.33 Å². The molecule has 0 bridgehead atoms. The van der Waals surface area contributed by atoms with Gasteiger partial charge >= 0.3 is 0 Å². The van der Waals surface area contributed by atoms with Gasteiger partial charge in [-0.3, -0.25) is 0 Å². The largest absolute Gasteiger partial charge is 0.177 e. The summed E-state index contributed by atoms with van der Waals surface area (Å²) < 4.78 is 1.37. The topological polar surface area (TPSA) is 54.5 Å². The van der Waals surface area contributed by atoms with Crippen LogP contribution in [0.3, 0.4) is 0 Å². The Morgan fingerprint density at radius 2 is 2.07 bits per heavy atom. The molecule has 0 radical (unpaired) electrons. The fraction of sp³-hybridized carbons (Fsp3) is 0. The first kappa shape index (κ1) is 8.83. The monoisotopic (exact) mass is 204 g/mol. The third kappa shape index (κ3) is 2.14. The van der Waals surface area contributed by atoms with Crippen LogP contribution in [0.25, 0.3) is 10.1 Å². The fourth-order valence-corrected chi connectivity index (χ4v) is 1.83. The molecule has 5 heteroatoms. The molecule has 2 aromatic heterocycles. The minimum Gasteiger partial charge on any atom is -0.177 e. The van der Waals surface area contributed by atoms with Crippen molar-refractivity contribution < 1.29 is 0 Å². The van der Waals surface area contributed by atoms with Crippen molar-refractivity contribution in [1.29, 1.82) is 0 Å². The number of hydrogen-bond acceptors (Lipinski definition) is 4. The molecule has 4 nitrogen and oxygen atoms in total. The standard InChI is InChI=1S/C8H6S.CH2N4/c1-2-4-8-7(3-1)5-6-9-8;1-2-4-5-3-1/h1-6H;1H,(H,2,3,4,5). The smallest absolute Gasteiger partial charge is 0.161 e. The summed E-state index contributed by atoms with van der Waals surface area (Å²) in [6.45, 7) is 0. The van der Waals surface area contributed by atoms with Crippen LogP contribution in [0.2, 0.25) is 0 Å². The summed E-state index contributed by atoms with van der Waals surface area (Å²) in [7, 11) is 0. The summed E-state index contributed by atoms with van der Waals surface area (Å²) in [6, 6.07) is 10.5. The fourth-order valence-electron chi connectivity index (χ4n) is 1.04. The molecule has 0 saturated carbocycles. The van der Waals surface area contributed by atoms with Crippen LogP contribution in [0, 0.1) is 0 Å². The Morgan fingerprint density at radius 1 is 1.14 bits per heavy atom. The maximum atomic E-state index is 3.38. The van der Waals surface area contributed by atoms with E-state index in [-0.39, 0.29) is 0 Å². The molecule has 3 rings (SSSR count). The SMILES string of the molecule is c1ccc2sccc2c1.c1nn[nH]n1. The highest BCUT2D eigenvalue weighted by molar-refractivity contribution is 7.17. The van der Waals surface area contributed by atoms with Crippen molar-refractivity contribution in [3.8, 4) is 0 Å². The Hall–Kier alpha value is -1.75. The van der Waals surface area contributed by atoms with Gasteiger partial charge in [-0.25, -0.2) is 0 Å². The Kier molecular flexibility index (Phi) is 2.82. The van der Waals surface area contributed by atoms with Crippen molar-refractivity contribution in [1.82, 2.24) is 20.6 Å². The normalized spacial score (nSPS) is 9.43. The molecule has 0 spiro atoms. The number of tetrazole rings is 1. The van der Waals surface area contributed by atoms with E-state index >= 15 is 0 Å². The maximum Gasteiger partial charge on any atom is 0.161 e. The van der Waals surface area contributed by atoms with Gasteiger partial charge in [-0.05, 0) is 22.9 Å². The third-order valence-corrected chi connectivity index (χ3v) is 2.53. The minimum atomic E-state index is 1.33. The average molecular weight is 204 g/mol. The Morgan fingerprint density at radius 3 is 2.71 bits per heavy atom. The number of benzene rings is 1. The Labute approximate surface area is 84.6 Å². The van der Waals surface area contributed by atoms with Gasteiger partial charge < -0.3 is 0 Å². The number of aromatic nitrogens is 4. The van der Waals surface area contributed by atoms with E-state index in [0.29, 0.717) is 0 Å². The molecule has 0 saturated heterocycles. The number of nitrogens with zero attached hydrogens (tertiary/aromatic N) is 3. The minimum absolute atomic E-state index is 1.33. The van der Waals surface area contributed by atoms with Crippen LogP contribution < -0.4 is 0 Å². The lowest BCUT2D eigenvalue weighted by molar-refractivity contribution is 0.881. The Bertz CT molecular complexity index is 427. The average Bonchev–Trinajstić information content (AvgIpc) is 2.92. The molecule has 0 aliphatic rings. The molecule has 0 aliphatic carbocycles. The van der Waals surface area contributed by atoms with E-state index in [1.165, 1.54) is 16.4 Å². The van der Waals surface area contributed by atoms with Crippen molar-refractivity contribution in [3.05, 3.63) is 42.0 Å². The molecule has 1 aromatic carbocycles. The number of fused-ring (bicyclic) bond motifs is 1. The van der Waals surface area contributed by atoms with Crippen molar-refractivity contribution in [3.63, 3.8) is 0 Å². The van der Waals surface area contributed by atoms with E-state index < -0.39 is 0 Å². The molecule has 14 heavy (non-hydrogen) atoms. The summed E-state index contributed by atoms with van der Waals surface area (Å²) in [6.07, 6.45) is 1.33. The van der Waals surface area contributed by atoms with Crippen molar-refractivity contribution in [2.24, 2.45) is 0 Å². The van der Waals surface area contributed by atoms with Gasteiger partial charge in [0.1, 0.15) is 0 Å². The second-order valence-electron chi connectivity index (χ2n) is 2.52. The summed E-state index contributed by atoms with van der Waals surface area (Å²) in [5.41, 5.74) is 0. The zero-order chi connectivity index (χ0) is 9.64. The van der Waals surface area contributed by atoms with E-state index in [9.17, 15) is 0 Å². The zero-order valence-electron chi connectivity index (χ0n) is 7.29. The quantitative estimate of drug-likeness (QED) is 0.610. The van der Waals surface area contributed by atoms with E-state index in [0.717, 1.165) is 0 Å². The molecule has 0 fully saturated rings. The Balaban J connectivity index is 0.000000128. The van der Waals surface area contributed by atoms with Crippen LogP contribution >= 0.6 is 11.3 Å². The second-order valence-corrected chi connectivity index (χ2v) is 3.47. The number of thiophene rings is 1. The molecule has 2 heterocycles. The molecule has 0 atom stereocenters. The second kappa shape index (κ2) is 4.48. The number of aromatic amines is 1. The van der Waals surface area contributed by atoms with Crippen molar-refractivity contribution in [2.75, 3.05) is 0 Å². The van der Waals surface area contributed by atoms with Crippen LogP contribution in [0.5, 0.6) is 0 Å². The van der Waals surface area contributed by atoms with E-state index in [4.69, 9.17) is 0 Å². The number of hydrogen-bond donors (Lipinski definition) is 1. The predicted molar refractivity (Wildman–Crippen MR) is 56.0 cm³/mol. The molecule has 3 aromatic rings. The van der Waals surface area contributed by atoms with Crippen LogP contribution in [0.4, 0.5) is 0 Å². The summed E-state index contributed by atoms with van der Waals surface area (Å²) in [5, 5.41) is 15.6. The van der Waals surface area contributed by atoms with Crippen LogP contribution in [-0.4, -0.2) is 20.6 Å². The van der Waals surface area contributed by atoms with Gasteiger partial charge in [-0.15, -0.1) is 21.5 Å². The molecule has 0 aliphatic heterocycles. The van der Waals surface area contributed by atoms with Gasteiger partial charge in [-0.2, -0.15) is 5.21 Å². The highest BCUT2D eigenvalue weighted by atomic mass is 32.1. The summed E-state index contributed by atoms with van der Waals surface area (Å²) in [5.74, 6) is 0. The molecule has 0 amide bonds. The highest BCUT2D eigenvalue weighted by Gasteiger charge is 1.87. The highest BCUT2D eigenvalue weighted by Crippen LogP contribution is 2.18. The predicted octanol–water partition coefficient (Wildman–Crippen LogP) is 2.10. The van der Waals surface area contributed by atoms with Crippen molar-refractivity contribution >= 4 is 21.4 Å². The van der Waals surface area contributed by atoms with Gasteiger partial charge in [0.2, 0.25) is 0 Å². The molecular formula is C9H8N4S. The van der Waals surface area contributed by atoms with Gasteiger partial charge in [0, 0.05) is 4.70 Å². The molecular weight excluding hydrogens is 196 g/mol. The van der Waals surface area contributed by atoms with Gasteiger partial charge in [0.25, 0.3) is 0 Å². The van der Waals surface area contributed by atoms with E-state index in [1.807, 2.05) is 0 Å². The number of rotatable bonds is 0. The van der Waals surface area contributed by atoms with Crippen molar-refractivity contribution in [2.45, 2.75) is 0 Å². The lowest BCUT2D eigenvalue weighted by atomic mass is 10.3. The summed E-state index contributed by atoms with van der Waals surface area (Å²) in [4.78, 5) is 0. The summed E-state index contributed by atoms with van der Waals surface area (Å²) >= 11 is 1.79. The maximum absolute atomic E-state index is 3.38. The van der Waals surface area contributed by atoms with Gasteiger partial charge in [0.05, 0.1) is 0 Å². The third-order valence-electron chi connectivity index (χ3n) is 1.63. The van der Waals surface area contributed by atoms with Crippen LogP contribution in [0.15, 0.2) is 42.0 Å². The number of nitrogens with one attached hydrogen (secondary N) is 1. The van der Waals surface area contributed by atoms with Crippen LogP contribution in [0.1, 0.15) is 0 Å². The zero-order valence-corrected chi connectivity index (χ0v) is 8.11. The van der Waals surface area contributed by atoms with Crippen LogP contribution in [-0.2, 0) is 0 Å². The lowest BCUT2D eigenvalue weighted by Gasteiger charge is -1.82. The molecule has 70 valence electrons. The lowest BCUT2D eigenvalue weighted by Crippen LogP contribution is -1.64. The first-order chi connectivity index (χ1) is 6.97. The van der Waals surface area contributed by atoms with E-state index in [2.05, 4.69) is 56.3 Å². The molecule has 0 unspecified atom stereocenters. The van der Waals surface area contributed by atoms with Gasteiger partial charge in [-0.1, -0.05) is 23.4 Å².